The molecule has 0 atom stereocenters. The number of hydrogen-bond acceptors (Lipinski definition) is 0. The van der Waals surface area contributed by atoms with Crippen LogP contribution < -0.4 is 0 Å². The fraction of sp³-hybridized carbons (Fsp3) is 0. The van der Waals surface area contributed by atoms with Gasteiger partial charge >= 0.3 is 0 Å². The lowest BCUT2D eigenvalue weighted by Crippen LogP contribution is -1.78. The van der Waals surface area contributed by atoms with Crippen molar-refractivity contribution < 1.29 is 4.39 Å². The Kier molecular flexibility index (Phi) is 2.22. The molecule has 0 saturated heterocycles. The van der Waals surface area contributed by atoms with Crippen LogP contribution in [-0.4, -0.2) is 0 Å². The molecular formula is C8H5BrF. The van der Waals surface area contributed by atoms with Crippen molar-refractivity contribution in [3.63, 3.8) is 0 Å². The molecule has 0 aliphatic heterocycles. The van der Waals surface area contributed by atoms with E-state index in [0.29, 0.717) is 5.56 Å². The maximum atomic E-state index is 12.4. The van der Waals surface area contributed by atoms with Crippen LogP contribution >= 0.6 is 15.9 Å². The summed E-state index contributed by atoms with van der Waals surface area (Å²) < 4.78 is 13.3. The molecule has 51 valence electrons. The van der Waals surface area contributed by atoms with Crippen LogP contribution in [-0.2, 0) is 0 Å². The molecule has 0 unspecified atom stereocenters. The first-order valence-corrected chi connectivity index (χ1v) is 3.51. The molecule has 1 aromatic carbocycles. The quantitative estimate of drug-likeness (QED) is 0.653. The number of halogens is 2. The Bertz CT molecular complexity index is 255. The van der Waals surface area contributed by atoms with E-state index in [2.05, 4.69) is 28.6 Å². The molecular weight excluding hydrogens is 195 g/mol. The van der Waals surface area contributed by atoms with Crippen molar-refractivity contribution in [1.29, 1.82) is 0 Å². The minimum atomic E-state index is -0.269. The highest BCUT2D eigenvalue weighted by Crippen LogP contribution is 2.16. The largest absolute Gasteiger partial charge is 0.207 e. The average molecular weight is 200 g/mol. The second kappa shape index (κ2) is 2.97. The van der Waals surface area contributed by atoms with Crippen LogP contribution in [0.4, 0.5) is 4.39 Å². The van der Waals surface area contributed by atoms with Gasteiger partial charge in [-0.15, -0.1) is 0 Å². The van der Waals surface area contributed by atoms with E-state index in [-0.39, 0.29) is 5.82 Å². The minimum absolute atomic E-state index is 0.269. The van der Waals surface area contributed by atoms with Crippen molar-refractivity contribution in [2.75, 3.05) is 0 Å². The second-order valence-corrected chi connectivity index (χ2v) is 2.66. The van der Waals surface area contributed by atoms with E-state index in [1.165, 1.54) is 12.1 Å². The topological polar surface area (TPSA) is 0 Å². The lowest BCUT2D eigenvalue weighted by molar-refractivity contribution is 0.627. The summed E-state index contributed by atoms with van der Waals surface area (Å²) in [6.07, 6.45) is 2.60. The first kappa shape index (κ1) is 7.48. The third kappa shape index (κ3) is 1.45. The molecule has 0 nitrogen and oxygen atoms in total. The maximum Gasteiger partial charge on any atom is 0.123 e. The van der Waals surface area contributed by atoms with Gasteiger partial charge in [-0.1, -0.05) is 22.5 Å². The smallest absolute Gasteiger partial charge is 0.123 e. The van der Waals surface area contributed by atoms with Gasteiger partial charge in [-0.05, 0) is 29.8 Å². The first-order valence-electron chi connectivity index (χ1n) is 2.72. The predicted molar refractivity (Wildman–Crippen MR) is 42.1 cm³/mol. The van der Waals surface area contributed by atoms with Gasteiger partial charge in [0.15, 0.2) is 0 Å². The predicted octanol–water partition coefficient (Wildman–Crippen LogP) is 2.93. The molecule has 1 aromatic rings. The first-order chi connectivity index (χ1) is 4.74. The van der Waals surface area contributed by atoms with Crippen LogP contribution in [0.2, 0.25) is 0 Å². The molecule has 0 aliphatic carbocycles. The monoisotopic (exact) mass is 199 g/mol. The van der Waals surface area contributed by atoms with E-state index in [1.54, 1.807) is 6.07 Å². The molecule has 0 heterocycles. The standard InChI is InChI=1S/C8H5BrF/c1-2-6-5-7(10)3-4-8(6)9/h3-5H,1H2. The van der Waals surface area contributed by atoms with Gasteiger partial charge in [0.2, 0.25) is 0 Å². The summed E-state index contributed by atoms with van der Waals surface area (Å²) in [5.74, 6) is -0.269. The van der Waals surface area contributed by atoms with E-state index in [9.17, 15) is 4.39 Å². The zero-order valence-electron chi connectivity index (χ0n) is 5.20. The SMILES string of the molecule is C=[C]c1cc(F)ccc1Br. The fourth-order valence-electron chi connectivity index (χ4n) is 0.633. The minimum Gasteiger partial charge on any atom is -0.207 e. The highest BCUT2D eigenvalue weighted by Gasteiger charge is 1.95. The van der Waals surface area contributed by atoms with Gasteiger partial charge in [-0.3, -0.25) is 0 Å². The van der Waals surface area contributed by atoms with Gasteiger partial charge < -0.3 is 0 Å². The van der Waals surface area contributed by atoms with Crippen molar-refractivity contribution in [3.8, 4) is 0 Å². The highest BCUT2D eigenvalue weighted by molar-refractivity contribution is 9.10. The Balaban J connectivity index is 3.21. The molecule has 0 N–H and O–H groups in total. The molecule has 0 saturated carbocycles. The van der Waals surface area contributed by atoms with Crippen LogP contribution in [0.1, 0.15) is 5.56 Å². The Morgan fingerprint density at radius 2 is 2.20 bits per heavy atom. The Labute approximate surface area is 67.5 Å². The Morgan fingerprint density at radius 1 is 1.50 bits per heavy atom. The summed E-state index contributed by atoms with van der Waals surface area (Å²) in [6, 6.07) is 4.38. The molecule has 0 aliphatic rings. The third-order valence-corrected chi connectivity index (χ3v) is 1.81. The Hall–Kier alpha value is -0.630. The number of benzene rings is 1. The fourth-order valence-corrected chi connectivity index (χ4v) is 1.02. The van der Waals surface area contributed by atoms with E-state index in [4.69, 9.17) is 0 Å². The molecule has 1 radical (unpaired) electrons. The molecule has 0 amide bonds. The van der Waals surface area contributed by atoms with Crippen LogP contribution in [0.25, 0.3) is 0 Å². The van der Waals surface area contributed by atoms with Crippen molar-refractivity contribution in [3.05, 3.63) is 46.7 Å². The molecule has 0 spiro atoms. The van der Waals surface area contributed by atoms with Crippen molar-refractivity contribution in [2.45, 2.75) is 0 Å². The second-order valence-electron chi connectivity index (χ2n) is 1.80. The van der Waals surface area contributed by atoms with Crippen LogP contribution in [0, 0.1) is 11.9 Å². The van der Waals surface area contributed by atoms with E-state index >= 15 is 0 Å². The van der Waals surface area contributed by atoms with Gasteiger partial charge in [0, 0.05) is 4.47 Å². The normalized spacial score (nSPS) is 9.40. The van der Waals surface area contributed by atoms with Crippen molar-refractivity contribution >= 4 is 15.9 Å². The highest BCUT2D eigenvalue weighted by atomic mass is 79.9. The average Bonchev–Trinajstić information content (AvgIpc) is 1.94. The van der Waals surface area contributed by atoms with Crippen molar-refractivity contribution in [1.82, 2.24) is 0 Å². The van der Waals surface area contributed by atoms with Gasteiger partial charge in [-0.2, -0.15) is 0 Å². The van der Waals surface area contributed by atoms with E-state index in [1.807, 2.05) is 0 Å². The van der Waals surface area contributed by atoms with Crippen LogP contribution in [0.3, 0.4) is 0 Å². The van der Waals surface area contributed by atoms with E-state index < -0.39 is 0 Å². The van der Waals surface area contributed by atoms with Gasteiger partial charge in [0.25, 0.3) is 0 Å². The van der Waals surface area contributed by atoms with Crippen LogP contribution in [0.5, 0.6) is 0 Å². The molecule has 0 aromatic heterocycles. The molecule has 10 heavy (non-hydrogen) atoms. The van der Waals surface area contributed by atoms with Gasteiger partial charge in [0.1, 0.15) is 5.82 Å². The lowest BCUT2D eigenvalue weighted by Gasteiger charge is -1.95. The molecule has 1 rings (SSSR count). The lowest BCUT2D eigenvalue weighted by atomic mass is 10.2. The van der Waals surface area contributed by atoms with Crippen molar-refractivity contribution in [2.24, 2.45) is 0 Å². The Morgan fingerprint density at radius 3 is 2.70 bits per heavy atom. The van der Waals surface area contributed by atoms with Crippen LogP contribution in [0.15, 0.2) is 29.3 Å². The van der Waals surface area contributed by atoms with Gasteiger partial charge in [0.05, 0.1) is 0 Å². The summed E-state index contributed by atoms with van der Waals surface area (Å²) in [6.45, 7) is 3.41. The summed E-state index contributed by atoms with van der Waals surface area (Å²) >= 11 is 3.22. The van der Waals surface area contributed by atoms with Gasteiger partial charge in [-0.25, -0.2) is 4.39 Å². The zero-order valence-corrected chi connectivity index (χ0v) is 6.78. The summed E-state index contributed by atoms with van der Waals surface area (Å²) in [4.78, 5) is 0. The number of hydrogen-bond donors (Lipinski definition) is 0. The maximum absolute atomic E-state index is 12.4. The molecule has 0 bridgehead atoms. The zero-order chi connectivity index (χ0) is 7.56. The van der Waals surface area contributed by atoms with E-state index in [0.717, 1.165) is 4.47 Å². The molecule has 0 fully saturated rings. The third-order valence-electron chi connectivity index (χ3n) is 1.12. The summed E-state index contributed by atoms with van der Waals surface area (Å²) in [5, 5.41) is 0. The summed E-state index contributed by atoms with van der Waals surface area (Å²) in [5.41, 5.74) is 0.653. The summed E-state index contributed by atoms with van der Waals surface area (Å²) in [7, 11) is 0. The molecule has 2 heteroatoms. The number of rotatable bonds is 1.